The van der Waals surface area contributed by atoms with E-state index in [2.05, 4.69) is 45.1 Å². The lowest BCUT2D eigenvalue weighted by atomic mass is 9.90. The maximum absolute atomic E-state index is 12.9. The van der Waals surface area contributed by atoms with Crippen LogP contribution in [-0.2, 0) is 28.9 Å². The minimum atomic E-state index is -0.242. The first kappa shape index (κ1) is 25.9. The van der Waals surface area contributed by atoms with Crippen LogP contribution in [0, 0.1) is 5.92 Å². The van der Waals surface area contributed by atoms with E-state index < -0.39 is 0 Å². The molecule has 3 aromatic rings. The number of rotatable bonds is 12. The van der Waals surface area contributed by atoms with Crippen molar-refractivity contribution in [3.8, 4) is 0 Å². The van der Waals surface area contributed by atoms with Crippen LogP contribution in [0.2, 0.25) is 0 Å². The molecule has 0 aliphatic carbocycles. The zero-order valence-electron chi connectivity index (χ0n) is 20.6. The lowest BCUT2D eigenvalue weighted by molar-refractivity contribution is -0.122. The molecule has 7 heteroatoms. The van der Waals surface area contributed by atoms with Gasteiger partial charge in [0.05, 0.1) is 6.04 Å². The average Bonchev–Trinajstić information content (AvgIpc) is 3.37. The largest absolute Gasteiger partial charge is 0.307 e. The lowest BCUT2D eigenvalue weighted by Gasteiger charge is -2.23. The van der Waals surface area contributed by atoms with Gasteiger partial charge in [0.25, 0.3) is 0 Å². The van der Waals surface area contributed by atoms with Crippen molar-refractivity contribution in [2.45, 2.75) is 57.4 Å². The highest BCUT2D eigenvalue weighted by Gasteiger charge is 2.23. The van der Waals surface area contributed by atoms with Gasteiger partial charge in [-0.05, 0) is 61.8 Å². The van der Waals surface area contributed by atoms with Gasteiger partial charge >= 0.3 is 0 Å². The predicted molar refractivity (Wildman–Crippen MR) is 145 cm³/mol. The minimum Gasteiger partial charge on any atom is -0.307 e. The summed E-state index contributed by atoms with van der Waals surface area (Å²) >= 11 is 1.40. The number of hydrogen-bond acceptors (Lipinski definition) is 6. The van der Waals surface area contributed by atoms with E-state index in [9.17, 15) is 9.59 Å². The van der Waals surface area contributed by atoms with Gasteiger partial charge in [-0.25, -0.2) is 0 Å². The van der Waals surface area contributed by atoms with E-state index in [1.165, 1.54) is 22.5 Å². The van der Waals surface area contributed by atoms with Crippen molar-refractivity contribution in [1.29, 1.82) is 0 Å². The van der Waals surface area contributed by atoms with Crippen LogP contribution in [0.1, 0.15) is 48.2 Å². The number of ketones is 1. The molecule has 1 aliphatic heterocycles. The molecule has 6 nitrogen and oxygen atoms in total. The van der Waals surface area contributed by atoms with Gasteiger partial charge in [0.1, 0.15) is 10.8 Å². The van der Waals surface area contributed by atoms with Crippen molar-refractivity contribution in [2.75, 3.05) is 11.9 Å². The zero-order valence-corrected chi connectivity index (χ0v) is 21.4. The van der Waals surface area contributed by atoms with Crippen LogP contribution >= 0.6 is 11.3 Å². The molecule has 1 amide bonds. The molecule has 1 fully saturated rings. The van der Waals surface area contributed by atoms with Crippen LogP contribution in [0.5, 0.6) is 0 Å². The fraction of sp³-hybridized carbons (Fsp3) is 0.379. The highest BCUT2D eigenvalue weighted by atomic mass is 32.1. The lowest BCUT2D eigenvalue weighted by Crippen LogP contribution is -2.41. The quantitative estimate of drug-likeness (QED) is 0.334. The number of allylic oxidation sites excluding steroid dienone is 1. The maximum Gasteiger partial charge on any atom is 0.249 e. The van der Waals surface area contributed by atoms with Crippen molar-refractivity contribution < 1.29 is 9.59 Å². The Labute approximate surface area is 217 Å². The fourth-order valence-corrected chi connectivity index (χ4v) is 5.20. The molecular formula is C29H34N4O2S. The third-order valence-corrected chi connectivity index (χ3v) is 7.39. The Bertz CT molecular complexity index is 1120. The third-order valence-electron chi connectivity index (χ3n) is 6.50. The topological polar surface area (TPSA) is 84.0 Å². The summed E-state index contributed by atoms with van der Waals surface area (Å²) < 4.78 is 0. The van der Waals surface area contributed by atoms with E-state index in [0.29, 0.717) is 11.6 Å². The highest BCUT2D eigenvalue weighted by Crippen LogP contribution is 2.20. The number of aromatic nitrogens is 2. The van der Waals surface area contributed by atoms with E-state index >= 15 is 0 Å². The number of Topliss-reactive ketones (excluding diaryl/α,β-unsaturated/α-hetero) is 1. The standard InChI is InChI=1S/C29H34N4O2S/c34-26(25-13-7-8-20-30-25)21-24(15-14-22-9-3-1-4-10-22)16-18-27(35)31-29-33-32-28(36-29)19-17-23-11-5-2-6-12-23/h1-6,9-12,16,18,24-25,30H,7-8,13-15,17,19-21H2,(H,31,33,35)/b18-16+/t24-,25-/m0/s1. The van der Waals surface area contributed by atoms with Crippen molar-refractivity contribution in [3.63, 3.8) is 0 Å². The van der Waals surface area contributed by atoms with Crippen molar-refractivity contribution in [2.24, 2.45) is 5.92 Å². The third kappa shape index (κ3) is 8.50. The van der Waals surface area contributed by atoms with E-state index in [1.54, 1.807) is 6.08 Å². The number of carbonyl (C=O) groups is 2. The molecule has 1 saturated heterocycles. The molecule has 2 atom stereocenters. The predicted octanol–water partition coefficient (Wildman–Crippen LogP) is 5.17. The van der Waals surface area contributed by atoms with Gasteiger partial charge < -0.3 is 5.32 Å². The monoisotopic (exact) mass is 502 g/mol. The Morgan fingerprint density at radius 2 is 1.69 bits per heavy atom. The second-order valence-corrected chi connectivity index (χ2v) is 10.4. The molecule has 2 heterocycles. The second kappa shape index (κ2) is 13.8. The van der Waals surface area contributed by atoms with Crippen LogP contribution in [0.4, 0.5) is 5.13 Å². The molecule has 188 valence electrons. The first-order chi connectivity index (χ1) is 17.7. The molecule has 0 bridgehead atoms. The summed E-state index contributed by atoms with van der Waals surface area (Å²) in [5, 5.41) is 15.9. The smallest absolute Gasteiger partial charge is 0.249 e. The summed E-state index contributed by atoms with van der Waals surface area (Å²) in [5.41, 5.74) is 2.49. The van der Waals surface area contributed by atoms with Gasteiger partial charge in [0, 0.05) is 12.8 Å². The normalized spacial score (nSPS) is 16.6. The molecule has 2 aromatic carbocycles. The van der Waals surface area contributed by atoms with Crippen molar-refractivity contribution in [1.82, 2.24) is 15.5 Å². The number of nitrogens with one attached hydrogen (secondary N) is 2. The summed E-state index contributed by atoms with van der Waals surface area (Å²) in [6, 6.07) is 20.5. The molecule has 0 radical (unpaired) electrons. The molecule has 0 unspecified atom stereocenters. The zero-order chi connectivity index (χ0) is 25.0. The van der Waals surface area contributed by atoms with Gasteiger partial charge in [0.2, 0.25) is 11.0 Å². The van der Waals surface area contributed by atoms with Crippen LogP contribution in [0.3, 0.4) is 0 Å². The summed E-state index contributed by atoms with van der Waals surface area (Å²) in [7, 11) is 0. The Morgan fingerprint density at radius 1 is 0.972 bits per heavy atom. The summed E-state index contributed by atoms with van der Waals surface area (Å²) in [6.45, 7) is 0.901. The number of piperidine rings is 1. The molecule has 1 aliphatic rings. The summed E-state index contributed by atoms with van der Waals surface area (Å²) in [5.74, 6) is 0.00162. The molecule has 2 N–H and O–H groups in total. The van der Waals surface area contributed by atoms with E-state index in [4.69, 9.17) is 0 Å². The Hall–Kier alpha value is -3.16. The van der Waals surface area contributed by atoms with Crippen molar-refractivity contribution in [3.05, 3.63) is 89.0 Å². The van der Waals surface area contributed by atoms with Gasteiger partial charge in [-0.15, -0.1) is 10.2 Å². The molecule has 36 heavy (non-hydrogen) atoms. The highest BCUT2D eigenvalue weighted by molar-refractivity contribution is 7.15. The number of hydrogen-bond donors (Lipinski definition) is 2. The molecular weight excluding hydrogens is 468 g/mol. The minimum absolute atomic E-state index is 0.00281. The number of aryl methyl sites for hydroxylation is 3. The molecule has 4 rings (SSSR count). The molecule has 1 aromatic heterocycles. The maximum atomic E-state index is 12.9. The van der Waals surface area contributed by atoms with Crippen LogP contribution < -0.4 is 10.6 Å². The summed E-state index contributed by atoms with van der Waals surface area (Å²) in [6.07, 6.45) is 10.3. The molecule has 0 spiro atoms. The average molecular weight is 503 g/mol. The molecule has 0 saturated carbocycles. The number of amides is 1. The summed E-state index contributed by atoms with van der Waals surface area (Å²) in [4.78, 5) is 25.5. The first-order valence-corrected chi connectivity index (χ1v) is 13.6. The van der Waals surface area contributed by atoms with Gasteiger partial charge in [-0.1, -0.05) is 84.5 Å². The Balaban J connectivity index is 1.31. The van der Waals surface area contributed by atoms with E-state index in [0.717, 1.165) is 56.5 Å². The number of nitrogens with zero attached hydrogens (tertiary/aromatic N) is 2. The van der Waals surface area contributed by atoms with E-state index in [1.807, 2.05) is 42.5 Å². The number of anilines is 1. The van der Waals surface area contributed by atoms with Crippen LogP contribution in [0.15, 0.2) is 72.8 Å². The SMILES string of the molecule is O=C(/C=C/[C@H](CCc1ccccc1)CC(=O)[C@@H]1CCCCN1)Nc1nnc(CCc2ccccc2)s1. The van der Waals surface area contributed by atoms with Gasteiger partial charge in [0.15, 0.2) is 0 Å². The first-order valence-electron chi connectivity index (χ1n) is 12.8. The number of benzene rings is 2. The second-order valence-electron chi connectivity index (χ2n) is 9.29. The Kier molecular flexibility index (Phi) is 9.94. The Morgan fingerprint density at radius 3 is 2.39 bits per heavy atom. The van der Waals surface area contributed by atoms with Crippen molar-refractivity contribution >= 4 is 28.2 Å². The van der Waals surface area contributed by atoms with E-state index in [-0.39, 0.29) is 23.7 Å². The van der Waals surface area contributed by atoms with Gasteiger partial charge in [-0.2, -0.15) is 0 Å². The van der Waals surface area contributed by atoms with Gasteiger partial charge in [-0.3, -0.25) is 14.9 Å². The number of carbonyl (C=O) groups excluding carboxylic acids is 2. The van der Waals surface area contributed by atoms with Crippen LogP contribution in [-0.4, -0.2) is 34.5 Å². The fourth-order valence-electron chi connectivity index (χ4n) is 4.46. The van der Waals surface area contributed by atoms with Crippen LogP contribution in [0.25, 0.3) is 0 Å².